The number of ether oxygens (including phenoxy) is 1. The normalized spacial score (nSPS) is 12.1. The van der Waals surface area contributed by atoms with Crippen molar-refractivity contribution in [3.05, 3.63) is 72.2 Å². The maximum absolute atomic E-state index is 9.48. The number of nitrogens with zero attached hydrogens (tertiary/aromatic N) is 4. The van der Waals surface area contributed by atoms with Gasteiger partial charge in [-0.3, -0.25) is 0 Å². The number of aryl methyl sites for hydroxylation is 1. The van der Waals surface area contributed by atoms with Crippen molar-refractivity contribution in [3.8, 4) is 17.0 Å². The molecule has 0 aliphatic carbocycles. The molecule has 0 fully saturated rings. The van der Waals surface area contributed by atoms with Crippen molar-refractivity contribution in [2.24, 2.45) is 0 Å². The Balaban J connectivity index is 1.60. The molecule has 0 unspecified atom stereocenters. The average Bonchev–Trinajstić information content (AvgIpc) is 3.11. The Morgan fingerprint density at radius 3 is 2.83 bits per heavy atom. The molecule has 154 valence electrons. The second kappa shape index (κ2) is 8.89. The predicted molar refractivity (Wildman–Crippen MR) is 113 cm³/mol. The van der Waals surface area contributed by atoms with Gasteiger partial charge in [0.2, 0.25) is 0 Å². The van der Waals surface area contributed by atoms with Crippen LogP contribution in [0.2, 0.25) is 0 Å². The molecule has 4 rings (SSSR count). The van der Waals surface area contributed by atoms with E-state index in [-0.39, 0.29) is 13.2 Å². The van der Waals surface area contributed by atoms with Gasteiger partial charge in [0.15, 0.2) is 5.65 Å². The van der Waals surface area contributed by atoms with Gasteiger partial charge >= 0.3 is 0 Å². The first-order valence-corrected chi connectivity index (χ1v) is 9.66. The van der Waals surface area contributed by atoms with E-state index in [1.807, 2.05) is 60.0 Å². The molecule has 3 N–H and O–H groups in total. The van der Waals surface area contributed by atoms with Crippen molar-refractivity contribution < 1.29 is 14.9 Å². The fraction of sp³-hybridized carbons (Fsp3) is 0.227. The molecule has 1 aromatic carbocycles. The summed E-state index contributed by atoms with van der Waals surface area (Å²) < 4.78 is 7.39. The molecule has 0 saturated carbocycles. The van der Waals surface area contributed by atoms with Gasteiger partial charge in [0, 0.05) is 11.8 Å². The van der Waals surface area contributed by atoms with Crippen LogP contribution in [0.15, 0.2) is 60.8 Å². The summed E-state index contributed by atoms with van der Waals surface area (Å²) in [5, 5.41) is 26.5. The summed E-state index contributed by atoms with van der Waals surface area (Å²) >= 11 is 0. The highest BCUT2D eigenvalue weighted by Gasteiger charge is 2.12. The van der Waals surface area contributed by atoms with E-state index in [1.54, 1.807) is 12.3 Å². The van der Waals surface area contributed by atoms with Crippen LogP contribution in [0.25, 0.3) is 16.9 Å². The number of rotatable bonds is 8. The molecular formula is C22H23N5O3. The minimum Gasteiger partial charge on any atom is -0.491 e. The number of imidazole rings is 1. The summed E-state index contributed by atoms with van der Waals surface area (Å²) in [6.07, 6.45) is 0.834. The zero-order valence-corrected chi connectivity index (χ0v) is 16.6. The first-order valence-electron chi connectivity index (χ1n) is 9.66. The number of benzene rings is 1. The van der Waals surface area contributed by atoms with E-state index in [2.05, 4.69) is 15.3 Å². The van der Waals surface area contributed by atoms with Gasteiger partial charge < -0.3 is 20.3 Å². The topological polar surface area (TPSA) is 105 Å². The molecule has 3 aromatic heterocycles. The largest absolute Gasteiger partial charge is 0.491 e. The number of nitrogens with one attached hydrogen (secondary N) is 1. The Morgan fingerprint density at radius 2 is 2.03 bits per heavy atom. The molecule has 0 aliphatic heterocycles. The van der Waals surface area contributed by atoms with Crippen LogP contribution in [0.1, 0.15) is 11.4 Å². The third-order valence-corrected chi connectivity index (χ3v) is 4.66. The van der Waals surface area contributed by atoms with Crippen molar-refractivity contribution in [2.75, 3.05) is 18.5 Å². The number of aromatic nitrogens is 4. The van der Waals surface area contributed by atoms with Crippen molar-refractivity contribution in [3.63, 3.8) is 0 Å². The molecule has 0 spiro atoms. The molecule has 0 saturated heterocycles. The Hall–Kier alpha value is -3.49. The molecule has 0 bridgehead atoms. The van der Waals surface area contributed by atoms with Crippen molar-refractivity contribution in [2.45, 2.75) is 19.6 Å². The second-order valence-electron chi connectivity index (χ2n) is 6.88. The first-order chi connectivity index (χ1) is 14.6. The van der Waals surface area contributed by atoms with Gasteiger partial charge in [-0.1, -0.05) is 18.2 Å². The minimum atomic E-state index is -0.911. The summed E-state index contributed by atoms with van der Waals surface area (Å²) in [6, 6.07) is 17.0. The highest BCUT2D eigenvalue weighted by molar-refractivity contribution is 5.62. The summed E-state index contributed by atoms with van der Waals surface area (Å²) in [5.74, 6) is 1.39. The van der Waals surface area contributed by atoms with Crippen LogP contribution < -0.4 is 10.1 Å². The van der Waals surface area contributed by atoms with Gasteiger partial charge in [0.1, 0.15) is 24.3 Å². The zero-order chi connectivity index (χ0) is 20.9. The summed E-state index contributed by atoms with van der Waals surface area (Å²) in [7, 11) is 0. The highest BCUT2D eigenvalue weighted by atomic mass is 16.5. The summed E-state index contributed by atoms with van der Waals surface area (Å²) in [4.78, 5) is 8.89. The standard InChI is InChI=1S/C22H23N5O3/c1-15-20(12-24-21-7-2-3-10-23-21)27-22(25-15)9-8-19(26-27)16-5-4-6-18(11-16)30-14-17(29)13-28/h2-11,17,28-29H,12-14H2,1H3,(H,23,24)/t17-/m1/s1. The molecule has 4 aromatic rings. The van der Waals surface area contributed by atoms with Gasteiger partial charge in [0.05, 0.1) is 30.2 Å². The summed E-state index contributed by atoms with van der Waals surface area (Å²) in [5.41, 5.74) is 4.27. The van der Waals surface area contributed by atoms with E-state index >= 15 is 0 Å². The number of aliphatic hydroxyl groups excluding tert-OH is 2. The number of fused-ring (bicyclic) bond motifs is 1. The Labute approximate surface area is 173 Å². The first kappa shape index (κ1) is 19.8. The maximum Gasteiger partial charge on any atom is 0.154 e. The van der Waals surface area contributed by atoms with E-state index in [1.165, 1.54) is 0 Å². The van der Waals surface area contributed by atoms with Crippen LogP contribution in [-0.2, 0) is 6.54 Å². The highest BCUT2D eigenvalue weighted by Crippen LogP contribution is 2.24. The maximum atomic E-state index is 9.48. The fourth-order valence-electron chi connectivity index (χ4n) is 3.08. The van der Waals surface area contributed by atoms with Gasteiger partial charge in [-0.2, -0.15) is 5.10 Å². The van der Waals surface area contributed by atoms with Crippen LogP contribution in [0.4, 0.5) is 5.82 Å². The van der Waals surface area contributed by atoms with Crippen molar-refractivity contribution in [1.29, 1.82) is 0 Å². The third kappa shape index (κ3) is 4.40. The molecule has 8 nitrogen and oxygen atoms in total. The van der Waals surface area contributed by atoms with Gasteiger partial charge in [-0.25, -0.2) is 14.5 Å². The molecule has 3 heterocycles. The van der Waals surface area contributed by atoms with Crippen molar-refractivity contribution >= 4 is 11.5 Å². The van der Waals surface area contributed by atoms with E-state index in [0.29, 0.717) is 12.3 Å². The van der Waals surface area contributed by atoms with Gasteiger partial charge in [-0.15, -0.1) is 0 Å². The number of hydrogen-bond donors (Lipinski definition) is 3. The molecule has 0 aliphatic rings. The monoisotopic (exact) mass is 405 g/mol. The number of pyridine rings is 1. The molecular weight excluding hydrogens is 382 g/mol. The number of aliphatic hydroxyl groups is 2. The quantitative estimate of drug-likeness (QED) is 0.414. The molecule has 0 radical (unpaired) electrons. The minimum absolute atomic E-state index is 0.0243. The lowest BCUT2D eigenvalue weighted by Gasteiger charge is -2.11. The Kier molecular flexibility index (Phi) is 5.87. The van der Waals surface area contributed by atoms with E-state index < -0.39 is 6.10 Å². The van der Waals surface area contributed by atoms with Gasteiger partial charge in [-0.05, 0) is 43.3 Å². The Morgan fingerprint density at radius 1 is 1.13 bits per heavy atom. The van der Waals surface area contributed by atoms with Crippen LogP contribution in [0.5, 0.6) is 5.75 Å². The SMILES string of the molecule is Cc1nc2ccc(-c3cccc(OC[C@H](O)CO)c3)nn2c1CNc1ccccn1. The molecule has 8 heteroatoms. The van der Waals surface area contributed by atoms with E-state index in [9.17, 15) is 5.11 Å². The number of hydrogen-bond acceptors (Lipinski definition) is 7. The molecule has 0 amide bonds. The lowest BCUT2D eigenvalue weighted by atomic mass is 10.1. The van der Waals surface area contributed by atoms with Crippen LogP contribution in [0.3, 0.4) is 0 Å². The number of anilines is 1. The fourth-order valence-corrected chi connectivity index (χ4v) is 3.08. The zero-order valence-electron chi connectivity index (χ0n) is 16.6. The summed E-state index contributed by atoms with van der Waals surface area (Å²) in [6.45, 7) is 2.19. The molecule has 30 heavy (non-hydrogen) atoms. The third-order valence-electron chi connectivity index (χ3n) is 4.66. The van der Waals surface area contributed by atoms with Crippen LogP contribution in [-0.4, -0.2) is 49.1 Å². The van der Waals surface area contributed by atoms with Crippen LogP contribution >= 0.6 is 0 Å². The average molecular weight is 405 g/mol. The van der Waals surface area contributed by atoms with Crippen molar-refractivity contribution in [1.82, 2.24) is 19.6 Å². The van der Waals surface area contributed by atoms with E-state index in [4.69, 9.17) is 14.9 Å². The van der Waals surface area contributed by atoms with Gasteiger partial charge in [0.25, 0.3) is 0 Å². The predicted octanol–water partition coefficient (Wildman–Crippen LogP) is 2.44. The smallest absolute Gasteiger partial charge is 0.154 e. The second-order valence-corrected chi connectivity index (χ2v) is 6.88. The lowest BCUT2D eigenvalue weighted by Crippen LogP contribution is -2.21. The van der Waals surface area contributed by atoms with Crippen LogP contribution in [0, 0.1) is 6.92 Å². The van der Waals surface area contributed by atoms with E-state index in [0.717, 1.165) is 34.1 Å². The lowest BCUT2D eigenvalue weighted by molar-refractivity contribution is 0.0536. The molecule has 1 atom stereocenters. The Bertz CT molecular complexity index is 1130.